The number of alkyl carbamates (subject to hydrolysis) is 3. The van der Waals surface area contributed by atoms with Crippen molar-refractivity contribution < 1.29 is 172 Å². The molecular weight excluding hydrogens is 2150 g/mol. The summed E-state index contributed by atoms with van der Waals surface area (Å²) < 4.78 is 134. The van der Waals surface area contributed by atoms with Crippen LogP contribution in [0.1, 0.15) is 142 Å². The van der Waals surface area contributed by atoms with E-state index in [9.17, 15) is 81.9 Å². The van der Waals surface area contributed by atoms with Gasteiger partial charge in [0.25, 0.3) is 0 Å². The van der Waals surface area contributed by atoms with Gasteiger partial charge in [0.2, 0.25) is 34.9 Å². The molecule has 50 heteroatoms. The highest BCUT2D eigenvalue weighted by atomic mass is 127. The second kappa shape index (κ2) is 58.5. The number of thioether (sulfide) groups is 1. The number of hydrogen-bond donors (Lipinski definition) is 13. The van der Waals surface area contributed by atoms with Gasteiger partial charge in [0, 0.05) is 113 Å². The highest BCUT2D eigenvalue weighted by Gasteiger charge is 2.54. The fraction of sp³-hybridized carbons (Fsp3) is 0.657. The average molecular weight is 2290 g/mol. The SMILES string of the molecule is CCN(C(=O)CNC(=O)OCc1ccc(NC(=O)[C@H](C)CC(=O)[C@@H](NC(=O)OCCOCCNS(=O)(=O)NC(=O)OCC2[C@H]3CCC#CCC[C@@H]23)C(C)C)cc1)[C@H]1CO[C@@H](OC2[C@H](O[C@H]3C#C/C=C\C#C[C@@]4(O)CC(=O)C(NC(=O)OC)=C3/C4=C\CSSC(C)(C)CC(=O)NCCOCCOC)OC(C)[C@@H](NO[C@H]3C[C@@H](O)[C@H](SC(=O)c4c(C)c(I)c(O[C@@H]5OC(C)[C@H](O)C(OC)[C@@H]5O)c(OC)c4OC)C(C)O3)[C@@H]2O)CC1OC. The average Bonchev–Trinajstić information content (AvgIpc) is 1.21. The summed E-state index contributed by atoms with van der Waals surface area (Å²) in [6.07, 6.45) is -17.4. The van der Waals surface area contributed by atoms with E-state index < -0.39 is 220 Å². The molecule has 4 saturated heterocycles. The molecule has 8 aliphatic rings. The Morgan fingerprint density at radius 2 is 1.43 bits per heavy atom. The lowest BCUT2D eigenvalue weighted by Crippen LogP contribution is -2.65. The molecule has 7 unspecified atom stereocenters. The molecule has 0 radical (unpaired) electrons. The lowest BCUT2D eigenvalue weighted by molar-refractivity contribution is -0.337. The number of ether oxygens (including phenoxy) is 18. The first-order chi connectivity index (χ1) is 71.0. The summed E-state index contributed by atoms with van der Waals surface area (Å²) in [6.45, 7) is 16.4. The summed E-state index contributed by atoms with van der Waals surface area (Å²) in [4.78, 5) is 143. The minimum absolute atomic E-state index is 0.0214. The van der Waals surface area contributed by atoms with Gasteiger partial charge in [0.1, 0.15) is 56.4 Å². The van der Waals surface area contributed by atoms with Crippen LogP contribution in [0.25, 0.3) is 0 Å². The molecule has 826 valence electrons. The first kappa shape index (κ1) is 122. The van der Waals surface area contributed by atoms with Crippen molar-refractivity contribution in [2.24, 2.45) is 29.6 Å². The Kier molecular flexibility index (Phi) is 47.9. The predicted octanol–water partition coefficient (Wildman–Crippen LogP) is 5.33. The molecule has 45 nitrogen and oxygen atoms in total. The summed E-state index contributed by atoms with van der Waals surface area (Å²) in [5, 5.41) is 71.4. The number of nitrogens with zero attached hydrogens (tertiary/aromatic N) is 1. The standard InChI is InChI=1S/C99H138IN9O36S4/c1-17-109(72(114)49-102-94(120)137-50-59-29-31-60(32-30-59)104-90(118)54(4)44-66(110)78(53(2)3)105-96(122)135-42-41-134-38-36-103-149(125,126)108-97(123)138-51-63-61-26-22-18-19-23-27-62(61)63)65-52-136-73(46-70(65)128-12)143-87-82(116)79(107-145-74-45-67(111)89(58(8)139-74)147-91(119)75-55(5)77(100)85(88(131-15)84(75)129-13)144-92-83(117)86(130-14)81(115)57(7)141-92)56(6)140-93(87)142-69-28-24-20-21-25-34-99(124)47-68(112)80(106-95(121)132-16)76(69)64(99)33-43-146-148-98(9,10)48-71(113)101-35-37-133-40-39-127-11/h20-21,29-33,53-54,56-58,61-63,65,67,69-70,73-74,78-79,81-83,86-87,89,92-93,103,107,111,115-117,124H,17,22-23,26-27,35-52H2,1-16H3,(H,101,113)(H,102,120)(H,104,118)(H,105,122)(H,106,121)(H,108,123)/b21-20-,64-33+/t54-,56?,57?,58?,61-,62+,63?,65+,67-,69+,70?,73+,74+,78+,79-,81+,82+,83+,86?,87?,89-,92+,93+,99-/m1/s1. The van der Waals surface area contributed by atoms with Gasteiger partial charge in [-0.25, -0.2) is 23.9 Å². The molecule has 0 spiro atoms. The molecule has 2 bridgehead atoms. The number of carbonyl (C=O) groups is 10. The number of amides is 7. The summed E-state index contributed by atoms with van der Waals surface area (Å²) in [5.41, 5.74) is 1.25. The largest absolute Gasteiger partial charge is 0.492 e. The number of Topliss-reactive ketones (excluding diaryl/α,β-unsaturated/α-hetero) is 2. The van der Waals surface area contributed by atoms with Gasteiger partial charge in [0.05, 0.1) is 143 Å². The summed E-state index contributed by atoms with van der Waals surface area (Å²) in [7, 11) is 6.42. The highest BCUT2D eigenvalue weighted by Crippen LogP contribution is 2.53. The van der Waals surface area contributed by atoms with Gasteiger partial charge in [-0.1, -0.05) is 96.0 Å². The number of carbonyl (C=O) groups excluding carboxylic acids is 10. The quantitative estimate of drug-likeness (QED) is 0.00993. The number of ketones is 2. The first-order valence-corrected chi connectivity index (χ1v) is 54.6. The van der Waals surface area contributed by atoms with Crippen LogP contribution in [-0.4, -0.2) is 351 Å². The topological polar surface area (TPSA) is 581 Å². The van der Waals surface area contributed by atoms with Crippen LogP contribution in [0.2, 0.25) is 0 Å². The lowest BCUT2D eigenvalue weighted by atomic mass is 9.75. The monoisotopic (exact) mass is 2280 g/mol. The lowest BCUT2D eigenvalue weighted by Gasteiger charge is -2.47. The molecule has 24 atom stereocenters. The number of aliphatic hydroxyl groups excluding tert-OH is 4. The Balaban J connectivity index is 0.764. The number of hydrogen-bond acceptors (Lipinski definition) is 40. The van der Waals surface area contributed by atoms with Crippen molar-refractivity contribution in [2.75, 3.05) is 133 Å². The zero-order valence-corrected chi connectivity index (χ0v) is 91.4. The maximum absolute atomic E-state index is 14.7. The van der Waals surface area contributed by atoms with E-state index in [2.05, 4.69) is 72.3 Å². The summed E-state index contributed by atoms with van der Waals surface area (Å²) >= 11 is 2.73. The van der Waals surface area contributed by atoms with Crippen molar-refractivity contribution in [3.8, 4) is 52.8 Å². The highest BCUT2D eigenvalue weighted by molar-refractivity contribution is 14.1. The molecule has 4 aliphatic carbocycles. The third-order valence-electron chi connectivity index (χ3n) is 25.8. The molecule has 5 fully saturated rings. The molecule has 13 N–H and O–H groups in total. The van der Waals surface area contributed by atoms with E-state index >= 15 is 0 Å². The number of rotatable bonds is 51. The molecule has 2 aromatic rings. The third-order valence-corrected chi connectivity index (χ3v) is 32.6. The van der Waals surface area contributed by atoms with Crippen molar-refractivity contribution in [1.82, 2.24) is 41.1 Å². The van der Waals surface area contributed by atoms with E-state index in [0.717, 1.165) is 44.6 Å². The van der Waals surface area contributed by atoms with Gasteiger partial charge >= 0.3 is 34.6 Å². The Labute approximate surface area is 892 Å². The molecule has 0 aromatic heterocycles. The van der Waals surface area contributed by atoms with E-state index in [1.807, 2.05) is 41.2 Å². The molecule has 1 saturated carbocycles. The van der Waals surface area contributed by atoms with Crippen LogP contribution in [0.5, 0.6) is 17.2 Å². The maximum atomic E-state index is 14.7. The van der Waals surface area contributed by atoms with Crippen molar-refractivity contribution >= 4 is 131 Å². The second-order valence-electron chi connectivity index (χ2n) is 37.2. The molecular formula is C99H138IN9O36S4. The number of nitrogens with one attached hydrogen (secondary N) is 8. The van der Waals surface area contributed by atoms with Crippen LogP contribution in [0.4, 0.5) is 24.9 Å². The van der Waals surface area contributed by atoms with E-state index in [1.165, 1.54) is 67.1 Å². The zero-order valence-electron chi connectivity index (χ0n) is 86.0. The number of allylic oxidation sites excluding steroid dienone is 3. The van der Waals surface area contributed by atoms with Crippen molar-refractivity contribution in [3.05, 3.63) is 79.6 Å². The van der Waals surface area contributed by atoms with Crippen LogP contribution in [0.15, 0.2) is 59.3 Å². The minimum atomic E-state index is -4.26. The van der Waals surface area contributed by atoms with Gasteiger partial charge in [0.15, 0.2) is 47.5 Å². The fourth-order valence-corrected chi connectivity index (χ4v) is 22.7. The smallest absolute Gasteiger partial charge is 0.421 e. The van der Waals surface area contributed by atoms with Crippen LogP contribution < -0.4 is 55.7 Å². The Morgan fingerprint density at radius 3 is 2.09 bits per heavy atom. The molecule has 10 rings (SSSR count). The zero-order chi connectivity index (χ0) is 109. The van der Waals surface area contributed by atoms with Gasteiger partial charge in [-0.15, -0.1) is 11.8 Å². The van der Waals surface area contributed by atoms with Crippen LogP contribution in [0, 0.1) is 75.6 Å². The summed E-state index contributed by atoms with van der Waals surface area (Å²) in [5.74, 6) is 14.9. The van der Waals surface area contributed by atoms with Crippen LogP contribution in [0.3, 0.4) is 0 Å². The van der Waals surface area contributed by atoms with E-state index in [-0.39, 0.29) is 143 Å². The van der Waals surface area contributed by atoms with Gasteiger partial charge in [-0.3, -0.25) is 38.9 Å². The van der Waals surface area contributed by atoms with E-state index in [1.54, 1.807) is 92.8 Å². The van der Waals surface area contributed by atoms with Crippen molar-refractivity contribution in [3.63, 3.8) is 0 Å². The Bertz CT molecular complexity index is 5330. The Morgan fingerprint density at radius 1 is 0.738 bits per heavy atom. The van der Waals surface area contributed by atoms with Crippen LogP contribution >= 0.6 is 55.9 Å². The number of halogens is 1. The first-order valence-electron chi connectivity index (χ1n) is 48.8. The molecule has 2 aromatic carbocycles. The summed E-state index contributed by atoms with van der Waals surface area (Å²) in [6, 6.07) is 3.08. The number of hydroxylamine groups is 1. The number of fused-ring (bicyclic) bond motifs is 3. The van der Waals surface area contributed by atoms with Gasteiger partial charge in [-0.2, -0.15) is 18.6 Å². The van der Waals surface area contributed by atoms with E-state index in [4.69, 9.17) is 90.1 Å². The maximum Gasteiger partial charge on any atom is 0.421 e. The van der Waals surface area contributed by atoms with Gasteiger partial charge < -0.3 is 137 Å². The van der Waals surface area contributed by atoms with Crippen LogP contribution in [-0.2, 0) is 117 Å². The third kappa shape index (κ3) is 34.6. The normalized spacial score (nSPS) is 28.0. The van der Waals surface area contributed by atoms with E-state index in [0.29, 0.717) is 45.4 Å². The molecule has 4 aliphatic heterocycles. The van der Waals surface area contributed by atoms with Gasteiger partial charge in [-0.05, 0) is 143 Å². The van der Waals surface area contributed by atoms with Crippen molar-refractivity contribution in [2.45, 2.75) is 260 Å². The second-order valence-corrected chi connectivity index (χ2v) is 44.0. The number of anilines is 1. The molecule has 149 heavy (non-hydrogen) atoms. The fourth-order valence-electron chi connectivity index (χ4n) is 17.9. The number of likely N-dealkylation sites (N-methyl/N-ethyl adjacent to an activating group) is 1. The predicted molar refractivity (Wildman–Crippen MR) is 548 cm³/mol. The van der Waals surface area contributed by atoms with Crippen molar-refractivity contribution in [1.29, 1.82) is 0 Å². The number of benzene rings is 2. The molecule has 7 amide bonds. The molecule has 4 heterocycles. The Hall–Kier alpha value is -8.79. The number of aliphatic hydroxyl groups is 5. The minimum Gasteiger partial charge on any atom is -0.492 e. The number of methoxy groups -OCH3 is 6.